The van der Waals surface area contributed by atoms with Crippen molar-refractivity contribution in [3.63, 3.8) is 0 Å². The summed E-state index contributed by atoms with van der Waals surface area (Å²) in [6.45, 7) is 6.02. The first-order valence-corrected chi connectivity index (χ1v) is 8.71. The Labute approximate surface area is 158 Å². The maximum absolute atomic E-state index is 5.18. The van der Waals surface area contributed by atoms with Gasteiger partial charge in [-0.1, -0.05) is 54.7 Å². The molecule has 4 nitrogen and oxygen atoms in total. The molecule has 0 aliphatic rings. The van der Waals surface area contributed by atoms with E-state index in [2.05, 4.69) is 40.9 Å². The van der Waals surface area contributed by atoms with Crippen LogP contribution in [0.2, 0.25) is 0 Å². The van der Waals surface area contributed by atoms with Crippen LogP contribution in [0.5, 0.6) is 0 Å². The molecule has 2 aromatic carbocycles. The van der Waals surface area contributed by atoms with Gasteiger partial charge < -0.3 is 0 Å². The lowest BCUT2D eigenvalue weighted by Gasteiger charge is -2.03. The Kier molecular flexibility index (Phi) is 5.11. The van der Waals surface area contributed by atoms with E-state index in [0.29, 0.717) is 10.0 Å². The summed E-state index contributed by atoms with van der Waals surface area (Å²) in [6.07, 6.45) is 0. The van der Waals surface area contributed by atoms with E-state index in [1.54, 1.807) is 4.68 Å². The highest BCUT2D eigenvalue weighted by Crippen LogP contribution is 2.34. The average molecular weight is 367 g/mol. The molecule has 25 heavy (non-hydrogen) atoms. The molecule has 126 valence electrons. The summed E-state index contributed by atoms with van der Waals surface area (Å²) in [5.74, 6) is 0. The Bertz CT molecular complexity index is 959. The van der Waals surface area contributed by atoms with E-state index in [1.165, 1.54) is 5.56 Å². The minimum Gasteiger partial charge on any atom is -0.218 e. The van der Waals surface area contributed by atoms with E-state index in [-0.39, 0.29) is 0 Å². The zero-order chi connectivity index (χ0) is 18.0. The number of nitrogens with zero attached hydrogens (tertiary/aromatic N) is 4. The van der Waals surface area contributed by atoms with Crippen LogP contribution in [0, 0.1) is 20.8 Å². The van der Waals surface area contributed by atoms with Crippen molar-refractivity contribution in [1.82, 2.24) is 9.78 Å². The number of benzene rings is 2. The van der Waals surface area contributed by atoms with Crippen molar-refractivity contribution in [3.8, 4) is 11.3 Å². The Hall–Kier alpha value is -2.31. The molecule has 0 saturated carbocycles. The summed E-state index contributed by atoms with van der Waals surface area (Å²) in [5, 5.41) is 13.5. The van der Waals surface area contributed by atoms with Crippen molar-refractivity contribution in [3.05, 3.63) is 65.4 Å². The van der Waals surface area contributed by atoms with Gasteiger partial charge in [-0.25, -0.2) is 4.68 Å². The fourth-order valence-corrected chi connectivity index (χ4v) is 2.91. The molecule has 3 aromatic rings. The Morgan fingerprint density at radius 3 is 2.40 bits per heavy atom. The van der Waals surface area contributed by atoms with Gasteiger partial charge in [0, 0.05) is 5.56 Å². The summed E-state index contributed by atoms with van der Waals surface area (Å²) in [5.41, 5.74) is 6.36. The van der Waals surface area contributed by atoms with Crippen LogP contribution in [0.25, 0.3) is 11.3 Å². The first kappa shape index (κ1) is 17.5. The maximum atomic E-state index is 5.18. The molecule has 0 spiro atoms. The van der Waals surface area contributed by atoms with Crippen LogP contribution in [0.1, 0.15) is 16.8 Å². The van der Waals surface area contributed by atoms with Crippen molar-refractivity contribution in [1.29, 1.82) is 0 Å². The van der Waals surface area contributed by atoms with Gasteiger partial charge in [0.05, 0.1) is 11.4 Å². The van der Waals surface area contributed by atoms with E-state index in [0.717, 1.165) is 28.2 Å². The number of thiol groups is 1. The predicted molar refractivity (Wildman–Crippen MR) is 109 cm³/mol. The highest BCUT2D eigenvalue weighted by Gasteiger charge is 2.17. The third-order valence-corrected chi connectivity index (χ3v) is 4.51. The quantitative estimate of drug-likeness (QED) is 0.353. The molecule has 1 aromatic heterocycles. The van der Waals surface area contributed by atoms with Crippen LogP contribution in [0.15, 0.2) is 58.8 Å². The molecule has 6 heteroatoms. The lowest BCUT2D eigenvalue weighted by atomic mass is 10.1. The maximum Gasteiger partial charge on any atom is 0.158 e. The average Bonchev–Trinajstić information content (AvgIpc) is 2.94. The Morgan fingerprint density at radius 2 is 1.72 bits per heavy atom. The molecule has 0 aliphatic heterocycles. The van der Waals surface area contributed by atoms with E-state index < -0.39 is 0 Å². The molecule has 0 atom stereocenters. The minimum atomic E-state index is 0.378. The van der Waals surface area contributed by atoms with Gasteiger partial charge in [-0.2, -0.15) is 10.2 Å². The van der Waals surface area contributed by atoms with Gasteiger partial charge in [-0.05, 0) is 38.0 Å². The lowest BCUT2D eigenvalue weighted by molar-refractivity contribution is 0.928. The number of rotatable bonds is 3. The molecule has 0 N–H and O–H groups in total. The predicted octanol–water partition coefficient (Wildman–Crippen LogP) is 5.95. The second kappa shape index (κ2) is 7.29. The van der Waals surface area contributed by atoms with Crippen molar-refractivity contribution < 1.29 is 0 Å². The normalized spacial score (nSPS) is 11.2. The molecule has 3 rings (SSSR count). The van der Waals surface area contributed by atoms with E-state index in [9.17, 15) is 0 Å². The third kappa shape index (κ3) is 3.55. The molecule has 0 unspecified atom stereocenters. The van der Waals surface area contributed by atoms with Gasteiger partial charge in [-0.3, -0.25) is 0 Å². The first-order chi connectivity index (χ1) is 12.0. The van der Waals surface area contributed by atoms with Crippen LogP contribution in [0.3, 0.4) is 0 Å². The minimum absolute atomic E-state index is 0.378. The van der Waals surface area contributed by atoms with Crippen molar-refractivity contribution >= 4 is 40.5 Å². The topological polar surface area (TPSA) is 42.5 Å². The van der Waals surface area contributed by atoms with E-state index in [4.69, 9.17) is 12.2 Å². The molecule has 0 bridgehead atoms. The Morgan fingerprint density at radius 1 is 1.00 bits per heavy atom. The van der Waals surface area contributed by atoms with Crippen LogP contribution in [0.4, 0.5) is 11.4 Å². The number of azo groups is 1. The monoisotopic (exact) mass is 366 g/mol. The molecular weight excluding hydrogens is 348 g/mol. The van der Waals surface area contributed by atoms with E-state index in [1.807, 2.05) is 56.3 Å². The van der Waals surface area contributed by atoms with Gasteiger partial charge in [0.15, 0.2) is 4.32 Å². The number of hydrogen-bond acceptors (Lipinski definition) is 4. The smallest absolute Gasteiger partial charge is 0.158 e. The van der Waals surface area contributed by atoms with Gasteiger partial charge in [0.1, 0.15) is 11.4 Å². The van der Waals surface area contributed by atoms with Crippen molar-refractivity contribution in [2.75, 3.05) is 0 Å². The van der Waals surface area contributed by atoms with Crippen LogP contribution in [-0.2, 0) is 0 Å². The molecule has 0 amide bonds. The summed E-state index contributed by atoms with van der Waals surface area (Å²) in [7, 11) is 0. The number of aryl methyl sites for hydroxylation is 1. The highest BCUT2D eigenvalue weighted by atomic mass is 32.1. The fourth-order valence-electron chi connectivity index (χ4n) is 2.54. The SMILES string of the molecule is Cc1cccc(N=Nc2c(-c3ccccc3)nn(C(=S)S)c2C)c1C. The second-order valence-corrected chi connectivity index (χ2v) is 6.87. The highest BCUT2D eigenvalue weighted by molar-refractivity contribution is 8.11. The number of thiocarbonyl (C=S) groups is 1. The standard InChI is InChI=1S/C19H18N4S2/c1-12-8-7-11-16(13(12)2)20-21-17-14(3)23(19(24)25)22-18(17)15-9-5-4-6-10-15/h4-11H,1-3H3,(H,24,25). The molecule has 0 saturated heterocycles. The summed E-state index contributed by atoms with van der Waals surface area (Å²) in [4.78, 5) is 0. The van der Waals surface area contributed by atoms with Crippen molar-refractivity contribution in [2.45, 2.75) is 20.8 Å². The van der Waals surface area contributed by atoms with Gasteiger partial charge in [0.25, 0.3) is 0 Å². The second-order valence-electron chi connectivity index (χ2n) is 5.76. The van der Waals surface area contributed by atoms with Crippen LogP contribution in [-0.4, -0.2) is 14.1 Å². The molecule has 0 fully saturated rings. The van der Waals surface area contributed by atoms with Gasteiger partial charge >= 0.3 is 0 Å². The summed E-state index contributed by atoms with van der Waals surface area (Å²) < 4.78 is 1.99. The summed E-state index contributed by atoms with van der Waals surface area (Å²) >= 11 is 9.44. The molecule has 0 radical (unpaired) electrons. The Balaban J connectivity index is 2.13. The van der Waals surface area contributed by atoms with Gasteiger partial charge in [0.2, 0.25) is 0 Å². The van der Waals surface area contributed by atoms with Crippen molar-refractivity contribution in [2.24, 2.45) is 10.2 Å². The molecule has 1 heterocycles. The largest absolute Gasteiger partial charge is 0.218 e. The van der Waals surface area contributed by atoms with Crippen LogP contribution >= 0.6 is 24.8 Å². The number of aromatic nitrogens is 2. The zero-order valence-corrected chi connectivity index (χ0v) is 16.0. The zero-order valence-electron chi connectivity index (χ0n) is 14.3. The third-order valence-electron chi connectivity index (χ3n) is 4.15. The first-order valence-electron chi connectivity index (χ1n) is 7.85. The fraction of sp³-hybridized carbons (Fsp3) is 0.158. The van der Waals surface area contributed by atoms with Crippen LogP contribution < -0.4 is 0 Å². The summed E-state index contributed by atoms with van der Waals surface area (Å²) in [6, 6.07) is 15.9. The molecule has 0 aliphatic carbocycles. The number of hydrogen-bond donors (Lipinski definition) is 1. The lowest BCUT2D eigenvalue weighted by Crippen LogP contribution is -2.05. The van der Waals surface area contributed by atoms with E-state index >= 15 is 0 Å². The van der Waals surface area contributed by atoms with Gasteiger partial charge in [-0.15, -0.1) is 17.7 Å². The molecular formula is C19H18N4S2.